The van der Waals surface area contributed by atoms with Gasteiger partial charge in [0.25, 0.3) is 0 Å². The molecule has 29 heavy (non-hydrogen) atoms. The largest absolute Gasteiger partial charge is 0.367 e. The third kappa shape index (κ3) is 5.10. The van der Waals surface area contributed by atoms with Crippen molar-refractivity contribution in [3.8, 4) is 0 Å². The number of aromatic nitrogens is 1. The molecule has 0 spiro atoms. The van der Waals surface area contributed by atoms with Crippen LogP contribution < -0.4 is 4.90 Å². The number of rotatable bonds is 5. The molecule has 2 aliphatic rings. The van der Waals surface area contributed by atoms with Gasteiger partial charge in [0.05, 0.1) is 22.9 Å². The van der Waals surface area contributed by atoms with E-state index in [0.29, 0.717) is 6.54 Å². The average molecular weight is 418 g/mol. The molecule has 156 valence electrons. The van der Waals surface area contributed by atoms with Crippen LogP contribution in [0.2, 0.25) is 5.02 Å². The highest BCUT2D eigenvalue weighted by molar-refractivity contribution is 6.33. The number of carbonyl (C=O) groups is 1. The van der Waals surface area contributed by atoms with Crippen LogP contribution in [0.3, 0.4) is 0 Å². The van der Waals surface area contributed by atoms with Crippen LogP contribution in [-0.4, -0.2) is 84.7 Å². The van der Waals surface area contributed by atoms with Crippen molar-refractivity contribution < 1.29 is 9.32 Å². The van der Waals surface area contributed by atoms with Crippen LogP contribution in [0.5, 0.6) is 0 Å². The Morgan fingerprint density at radius 3 is 2.38 bits per heavy atom. The Labute approximate surface area is 176 Å². The number of nitrogens with zero attached hydrogens (tertiary/aromatic N) is 5. The van der Waals surface area contributed by atoms with Crippen molar-refractivity contribution >= 4 is 23.2 Å². The first-order chi connectivity index (χ1) is 14.1. The Bertz CT molecular complexity index is 826. The van der Waals surface area contributed by atoms with Crippen LogP contribution in [0.4, 0.5) is 5.69 Å². The summed E-state index contributed by atoms with van der Waals surface area (Å²) in [7, 11) is 0. The van der Waals surface area contributed by atoms with Crippen molar-refractivity contribution in [2.24, 2.45) is 0 Å². The molecule has 0 atom stereocenters. The van der Waals surface area contributed by atoms with Gasteiger partial charge in [-0.2, -0.15) is 0 Å². The highest BCUT2D eigenvalue weighted by Gasteiger charge is 2.25. The fourth-order valence-corrected chi connectivity index (χ4v) is 4.28. The highest BCUT2D eigenvalue weighted by Crippen LogP contribution is 2.26. The Hall–Kier alpha value is -2.09. The van der Waals surface area contributed by atoms with Crippen molar-refractivity contribution in [1.29, 1.82) is 0 Å². The summed E-state index contributed by atoms with van der Waals surface area (Å²) in [5.74, 6) is 1.07. The molecule has 4 rings (SSSR count). The van der Waals surface area contributed by atoms with Gasteiger partial charge in [-0.15, -0.1) is 0 Å². The predicted octanol–water partition coefficient (Wildman–Crippen LogP) is 2.10. The van der Waals surface area contributed by atoms with Crippen molar-refractivity contribution in [1.82, 2.24) is 19.9 Å². The zero-order valence-corrected chi connectivity index (χ0v) is 17.6. The van der Waals surface area contributed by atoms with Gasteiger partial charge in [0.1, 0.15) is 5.76 Å². The van der Waals surface area contributed by atoms with Gasteiger partial charge in [0, 0.05) is 65.0 Å². The second-order valence-electron chi connectivity index (χ2n) is 7.80. The van der Waals surface area contributed by atoms with E-state index in [2.05, 4.69) is 19.9 Å². The SMILES string of the molecule is Cc1cc(CN2CCN(CC(=O)N3CCN(c4ccccc4Cl)CC3)CC2)no1. The molecule has 1 aromatic carbocycles. The number of hydrogen-bond donors (Lipinski definition) is 0. The first-order valence-electron chi connectivity index (χ1n) is 10.2. The Kier molecular flexibility index (Phi) is 6.37. The third-order valence-corrected chi connectivity index (χ3v) is 6.03. The second kappa shape index (κ2) is 9.15. The van der Waals surface area contributed by atoms with E-state index in [4.69, 9.17) is 16.1 Å². The average Bonchev–Trinajstić information content (AvgIpc) is 3.14. The quantitative estimate of drug-likeness (QED) is 0.742. The van der Waals surface area contributed by atoms with Crippen LogP contribution in [0.15, 0.2) is 34.9 Å². The minimum Gasteiger partial charge on any atom is -0.367 e. The van der Waals surface area contributed by atoms with Crippen LogP contribution in [0.25, 0.3) is 0 Å². The molecule has 2 saturated heterocycles. The van der Waals surface area contributed by atoms with Gasteiger partial charge in [-0.05, 0) is 19.1 Å². The number of carbonyl (C=O) groups excluding carboxylic acids is 1. The maximum atomic E-state index is 12.8. The van der Waals surface area contributed by atoms with Gasteiger partial charge >= 0.3 is 0 Å². The Balaban J connectivity index is 1.20. The summed E-state index contributed by atoms with van der Waals surface area (Å²) in [5, 5.41) is 4.84. The van der Waals surface area contributed by atoms with Crippen LogP contribution >= 0.6 is 11.6 Å². The highest BCUT2D eigenvalue weighted by atomic mass is 35.5. The summed E-state index contributed by atoms with van der Waals surface area (Å²) in [5.41, 5.74) is 2.03. The van der Waals surface area contributed by atoms with Gasteiger partial charge in [0.2, 0.25) is 5.91 Å². The summed E-state index contributed by atoms with van der Waals surface area (Å²) in [4.78, 5) is 21.6. The lowest BCUT2D eigenvalue weighted by atomic mass is 10.2. The van der Waals surface area contributed by atoms with E-state index in [1.807, 2.05) is 42.2 Å². The van der Waals surface area contributed by atoms with E-state index < -0.39 is 0 Å². The van der Waals surface area contributed by atoms with Crippen molar-refractivity contribution in [3.05, 3.63) is 46.8 Å². The monoisotopic (exact) mass is 417 g/mol. The van der Waals surface area contributed by atoms with Crippen LogP contribution in [-0.2, 0) is 11.3 Å². The summed E-state index contributed by atoms with van der Waals surface area (Å²) in [6, 6.07) is 9.88. The number of amides is 1. The molecule has 0 unspecified atom stereocenters. The molecule has 2 aromatic rings. The number of hydrogen-bond acceptors (Lipinski definition) is 6. The molecule has 0 bridgehead atoms. The summed E-state index contributed by atoms with van der Waals surface area (Å²) in [6.07, 6.45) is 0. The van der Waals surface area contributed by atoms with Gasteiger partial charge in [-0.25, -0.2) is 0 Å². The number of piperazine rings is 2. The smallest absolute Gasteiger partial charge is 0.236 e. The lowest BCUT2D eigenvalue weighted by molar-refractivity contribution is -0.133. The summed E-state index contributed by atoms with van der Waals surface area (Å²) in [6.45, 7) is 10.1. The molecule has 1 amide bonds. The van der Waals surface area contributed by atoms with Crippen molar-refractivity contribution in [3.63, 3.8) is 0 Å². The summed E-state index contributed by atoms with van der Waals surface area (Å²) >= 11 is 6.31. The van der Waals surface area contributed by atoms with E-state index in [1.165, 1.54) is 0 Å². The molecule has 8 heteroatoms. The summed E-state index contributed by atoms with van der Waals surface area (Å²) < 4.78 is 5.14. The van der Waals surface area contributed by atoms with E-state index >= 15 is 0 Å². The van der Waals surface area contributed by atoms with E-state index in [0.717, 1.165) is 81.1 Å². The first kappa shape index (κ1) is 20.2. The second-order valence-corrected chi connectivity index (χ2v) is 8.21. The molecule has 3 heterocycles. The van der Waals surface area contributed by atoms with Crippen LogP contribution in [0.1, 0.15) is 11.5 Å². The van der Waals surface area contributed by atoms with Gasteiger partial charge in [-0.3, -0.25) is 14.6 Å². The first-order valence-corrected chi connectivity index (χ1v) is 10.6. The molecule has 2 fully saturated rings. The molecular formula is C21H28ClN5O2. The maximum absolute atomic E-state index is 12.8. The number of aryl methyl sites for hydroxylation is 1. The number of anilines is 1. The minimum atomic E-state index is 0.226. The fourth-order valence-electron chi connectivity index (χ4n) is 4.02. The molecule has 1 aromatic heterocycles. The molecule has 0 radical (unpaired) electrons. The topological polar surface area (TPSA) is 56.1 Å². The standard InChI is InChI=1S/C21H28ClN5O2/c1-17-14-18(23-29-17)15-24-6-8-25(9-7-24)16-21(28)27-12-10-26(11-13-27)20-5-3-2-4-19(20)22/h2-5,14H,6-13,15-16H2,1H3. The maximum Gasteiger partial charge on any atom is 0.236 e. The molecule has 0 aliphatic carbocycles. The van der Waals surface area contributed by atoms with Gasteiger partial charge in [0.15, 0.2) is 0 Å². The lowest BCUT2D eigenvalue weighted by Gasteiger charge is -2.38. The minimum absolute atomic E-state index is 0.226. The number of halogens is 1. The molecule has 0 saturated carbocycles. The molecule has 0 N–H and O–H groups in total. The van der Waals surface area contributed by atoms with Crippen molar-refractivity contribution in [2.75, 3.05) is 63.8 Å². The lowest BCUT2D eigenvalue weighted by Crippen LogP contribution is -2.53. The van der Waals surface area contributed by atoms with Gasteiger partial charge < -0.3 is 14.3 Å². The number of benzene rings is 1. The molecule has 2 aliphatic heterocycles. The van der Waals surface area contributed by atoms with E-state index in [-0.39, 0.29) is 5.91 Å². The van der Waals surface area contributed by atoms with Gasteiger partial charge in [-0.1, -0.05) is 28.9 Å². The van der Waals surface area contributed by atoms with Crippen molar-refractivity contribution in [2.45, 2.75) is 13.5 Å². The fraction of sp³-hybridized carbons (Fsp3) is 0.524. The molecular weight excluding hydrogens is 390 g/mol. The third-order valence-electron chi connectivity index (χ3n) is 5.71. The predicted molar refractivity (Wildman–Crippen MR) is 113 cm³/mol. The normalized spacial score (nSPS) is 19.0. The zero-order valence-electron chi connectivity index (χ0n) is 16.9. The van der Waals surface area contributed by atoms with Crippen LogP contribution in [0, 0.1) is 6.92 Å². The van der Waals surface area contributed by atoms with E-state index in [1.54, 1.807) is 0 Å². The zero-order chi connectivity index (χ0) is 20.2. The Morgan fingerprint density at radius 2 is 1.72 bits per heavy atom. The Morgan fingerprint density at radius 1 is 1.03 bits per heavy atom. The molecule has 7 nitrogen and oxygen atoms in total. The number of para-hydroxylation sites is 1. The van der Waals surface area contributed by atoms with E-state index in [9.17, 15) is 4.79 Å².